The molecule has 0 fully saturated rings. The lowest BCUT2D eigenvalue weighted by molar-refractivity contribution is 0.392. The fourth-order valence-corrected chi connectivity index (χ4v) is 2.29. The van der Waals surface area contributed by atoms with Crippen LogP contribution in [0.3, 0.4) is 0 Å². The van der Waals surface area contributed by atoms with Gasteiger partial charge in [-0.15, -0.1) is 21.5 Å². The first kappa shape index (κ1) is 10.9. The molecule has 0 bridgehead atoms. The second kappa shape index (κ2) is 4.58. The monoisotopic (exact) mass is 258 g/mol. The summed E-state index contributed by atoms with van der Waals surface area (Å²) < 4.78 is 6.10. The van der Waals surface area contributed by atoms with Crippen molar-refractivity contribution in [2.45, 2.75) is 0 Å². The van der Waals surface area contributed by atoms with E-state index in [0.717, 1.165) is 15.9 Å². The molecule has 0 atom stereocenters. The van der Waals surface area contributed by atoms with Crippen LogP contribution in [0.4, 0.5) is 11.5 Å². The van der Waals surface area contributed by atoms with E-state index in [0.29, 0.717) is 11.7 Å². The number of nitrogens with zero attached hydrogens (tertiary/aromatic N) is 3. The first-order chi connectivity index (χ1) is 8.85. The van der Waals surface area contributed by atoms with Gasteiger partial charge in [-0.2, -0.15) is 0 Å². The number of rotatable bonds is 3. The highest BCUT2D eigenvalue weighted by molar-refractivity contribution is 7.16. The highest BCUT2D eigenvalue weighted by Crippen LogP contribution is 2.23. The van der Waals surface area contributed by atoms with Gasteiger partial charge in [0.05, 0.1) is 22.8 Å². The van der Waals surface area contributed by atoms with Crippen molar-refractivity contribution in [2.75, 3.05) is 12.4 Å². The molecule has 90 valence electrons. The van der Waals surface area contributed by atoms with Gasteiger partial charge in [0.1, 0.15) is 0 Å². The lowest BCUT2D eigenvalue weighted by atomic mass is 10.3. The Balaban J connectivity index is 1.85. The molecular formula is C12H10N4OS. The molecule has 3 rings (SSSR count). The third kappa shape index (κ3) is 2.10. The molecule has 3 aromatic rings. The van der Waals surface area contributed by atoms with Gasteiger partial charge in [-0.1, -0.05) is 0 Å². The largest absolute Gasteiger partial charge is 0.480 e. The van der Waals surface area contributed by atoms with Crippen molar-refractivity contribution in [1.82, 2.24) is 15.2 Å². The van der Waals surface area contributed by atoms with Crippen LogP contribution in [0.1, 0.15) is 0 Å². The van der Waals surface area contributed by atoms with Gasteiger partial charge in [-0.3, -0.25) is 0 Å². The molecular weight excluding hydrogens is 248 g/mol. The van der Waals surface area contributed by atoms with Crippen LogP contribution in [0, 0.1) is 0 Å². The Morgan fingerprint density at radius 1 is 1.17 bits per heavy atom. The Kier molecular flexibility index (Phi) is 2.77. The van der Waals surface area contributed by atoms with Crippen LogP contribution in [0.25, 0.3) is 10.2 Å². The molecule has 2 aromatic heterocycles. The van der Waals surface area contributed by atoms with Crippen molar-refractivity contribution in [2.24, 2.45) is 0 Å². The summed E-state index contributed by atoms with van der Waals surface area (Å²) in [5.74, 6) is 1.18. The Labute approximate surface area is 107 Å². The number of fused-ring (bicyclic) bond motifs is 1. The SMILES string of the molecule is COc1ccc(Nc2ccc3ncsc3c2)nn1. The average molecular weight is 258 g/mol. The number of methoxy groups -OCH3 is 1. The van der Waals surface area contributed by atoms with Gasteiger partial charge in [0.25, 0.3) is 0 Å². The van der Waals surface area contributed by atoms with E-state index in [1.807, 2.05) is 29.8 Å². The van der Waals surface area contributed by atoms with Crippen molar-refractivity contribution in [3.05, 3.63) is 35.8 Å². The zero-order valence-electron chi connectivity index (χ0n) is 9.62. The first-order valence-electron chi connectivity index (χ1n) is 5.33. The molecule has 0 amide bonds. The van der Waals surface area contributed by atoms with Crippen molar-refractivity contribution >= 4 is 33.1 Å². The van der Waals surface area contributed by atoms with E-state index in [-0.39, 0.29) is 0 Å². The van der Waals surface area contributed by atoms with Crippen molar-refractivity contribution in [1.29, 1.82) is 0 Å². The third-order valence-electron chi connectivity index (χ3n) is 2.45. The van der Waals surface area contributed by atoms with Gasteiger partial charge in [-0.05, 0) is 24.3 Å². The van der Waals surface area contributed by atoms with Crippen LogP contribution < -0.4 is 10.1 Å². The number of hydrogen-bond donors (Lipinski definition) is 1. The minimum Gasteiger partial charge on any atom is -0.480 e. The van der Waals surface area contributed by atoms with Crippen LogP contribution in [0.2, 0.25) is 0 Å². The molecule has 5 nitrogen and oxygen atoms in total. The predicted molar refractivity (Wildman–Crippen MR) is 71.5 cm³/mol. The van der Waals surface area contributed by atoms with Gasteiger partial charge in [0, 0.05) is 11.8 Å². The summed E-state index contributed by atoms with van der Waals surface area (Å²) in [5, 5.41) is 11.1. The van der Waals surface area contributed by atoms with E-state index >= 15 is 0 Å². The fraction of sp³-hybridized carbons (Fsp3) is 0.0833. The molecule has 0 spiro atoms. The summed E-state index contributed by atoms with van der Waals surface area (Å²) in [5.41, 5.74) is 3.80. The van der Waals surface area contributed by atoms with Gasteiger partial charge >= 0.3 is 0 Å². The Hall–Kier alpha value is -2.21. The Morgan fingerprint density at radius 3 is 2.89 bits per heavy atom. The third-order valence-corrected chi connectivity index (χ3v) is 3.24. The molecule has 1 aromatic carbocycles. The minimum absolute atomic E-state index is 0.499. The minimum atomic E-state index is 0.499. The lowest BCUT2D eigenvalue weighted by Gasteiger charge is -2.05. The Bertz CT molecular complexity index is 665. The number of thiazole rings is 1. The van der Waals surface area contributed by atoms with Crippen molar-refractivity contribution < 1.29 is 4.74 Å². The number of ether oxygens (including phenoxy) is 1. The number of nitrogens with one attached hydrogen (secondary N) is 1. The number of anilines is 2. The van der Waals surface area contributed by atoms with Crippen LogP contribution >= 0.6 is 11.3 Å². The van der Waals surface area contributed by atoms with Gasteiger partial charge in [-0.25, -0.2) is 4.98 Å². The van der Waals surface area contributed by atoms with E-state index in [2.05, 4.69) is 20.5 Å². The second-order valence-electron chi connectivity index (χ2n) is 3.62. The molecule has 0 unspecified atom stereocenters. The molecule has 0 aliphatic heterocycles. The van der Waals surface area contributed by atoms with Crippen molar-refractivity contribution in [3.8, 4) is 5.88 Å². The summed E-state index contributed by atoms with van der Waals surface area (Å²) in [4.78, 5) is 4.24. The predicted octanol–water partition coefficient (Wildman–Crippen LogP) is 2.84. The van der Waals surface area contributed by atoms with Crippen LogP contribution in [0.5, 0.6) is 5.88 Å². The fourth-order valence-electron chi connectivity index (χ4n) is 1.58. The standard InChI is InChI=1S/C12H10N4OS/c1-17-12-5-4-11(15-16-12)14-8-2-3-9-10(6-8)18-7-13-9/h2-7H,1H3,(H,14,15). The highest BCUT2D eigenvalue weighted by atomic mass is 32.1. The molecule has 18 heavy (non-hydrogen) atoms. The zero-order chi connectivity index (χ0) is 12.4. The van der Waals surface area contributed by atoms with Gasteiger partial charge in [0.15, 0.2) is 5.82 Å². The quantitative estimate of drug-likeness (QED) is 0.782. The van der Waals surface area contributed by atoms with Crippen LogP contribution in [-0.2, 0) is 0 Å². The zero-order valence-corrected chi connectivity index (χ0v) is 10.4. The molecule has 0 aliphatic carbocycles. The van der Waals surface area contributed by atoms with Crippen molar-refractivity contribution in [3.63, 3.8) is 0 Å². The highest BCUT2D eigenvalue weighted by Gasteiger charge is 2.01. The normalized spacial score (nSPS) is 10.5. The van der Waals surface area contributed by atoms with E-state index in [9.17, 15) is 0 Å². The number of hydrogen-bond acceptors (Lipinski definition) is 6. The van der Waals surface area contributed by atoms with Crippen LogP contribution in [-0.4, -0.2) is 22.3 Å². The summed E-state index contributed by atoms with van der Waals surface area (Å²) in [7, 11) is 1.56. The van der Waals surface area contributed by atoms with Gasteiger partial charge < -0.3 is 10.1 Å². The van der Waals surface area contributed by atoms with E-state index in [1.165, 1.54) is 0 Å². The maximum absolute atomic E-state index is 4.96. The topological polar surface area (TPSA) is 59.9 Å². The van der Waals surface area contributed by atoms with E-state index in [1.54, 1.807) is 24.5 Å². The molecule has 1 N–H and O–H groups in total. The smallest absolute Gasteiger partial charge is 0.233 e. The van der Waals surface area contributed by atoms with Gasteiger partial charge in [0.2, 0.25) is 5.88 Å². The average Bonchev–Trinajstić information content (AvgIpc) is 2.87. The summed E-state index contributed by atoms with van der Waals surface area (Å²) in [6, 6.07) is 9.57. The summed E-state index contributed by atoms with van der Waals surface area (Å²) in [6.07, 6.45) is 0. The molecule has 0 radical (unpaired) electrons. The summed E-state index contributed by atoms with van der Waals surface area (Å²) in [6.45, 7) is 0. The van der Waals surface area contributed by atoms with E-state index < -0.39 is 0 Å². The maximum Gasteiger partial charge on any atom is 0.233 e. The molecule has 0 saturated carbocycles. The lowest BCUT2D eigenvalue weighted by Crippen LogP contribution is -1.96. The van der Waals surface area contributed by atoms with E-state index in [4.69, 9.17) is 4.74 Å². The molecule has 0 saturated heterocycles. The molecule has 6 heteroatoms. The number of aromatic nitrogens is 3. The maximum atomic E-state index is 4.96. The second-order valence-corrected chi connectivity index (χ2v) is 4.51. The molecule has 2 heterocycles. The first-order valence-corrected chi connectivity index (χ1v) is 6.21. The Morgan fingerprint density at radius 2 is 2.11 bits per heavy atom. The number of benzene rings is 1. The molecule has 0 aliphatic rings. The van der Waals surface area contributed by atoms with Crippen LogP contribution in [0.15, 0.2) is 35.8 Å². The summed E-state index contributed by atoms with van der Waals surface area (Å²) >= 11 is 1.61.